The molecule has 4 heteroatoms. The van der Waals surface area contributed by atoms with Crippen molar-refractivity contribution < 1.29 is 14.6 Å². The number of aryl methyl sites for hydroxylation is 1. The second kappa shape index (κ2) is 7.29. The van der Waals surface area contributed by atoms with Gasteiger partial charge in [0.05, 0.1) is 5.56 Å². The summed E-state index contributed by atoms with van der Waals surface area (Å²) in [6.45, 7) is 3.60. The van der Waals surface area contributed by atoms with Crippen LogP contribution in [0.4, 0.5) is 5.69 Å². The van der Waals surface area contributed by atoms with Gasteiger partial charge in [-0.25, -0.2) is 0 Å². The smallest absolute Gasteiger partial charge is 0.163 e. The third-order valence-electron chi connectivity index (χ3n) is 3.72. The van der Waals surface area contributed by atoms with Crippen LogP contribution in [0.2, 0.25) is 0 Å². The zero-order chi connectivity index (χ0) is 17.0. The summed E-state index contributed by atoms with van der Waals surface area (Å²) in [4.78, 5) is 13.7. The number of aliphatic hydroxyl groups excluding tert-OH is 1. The van der Waals surface area contributed by atoms with Crippen molar-refractivity contribution in [3.05, 3.63) is 59.2 Å². The number of ketones is 1. The number of rotatable bonds is 6. The van der Waals surface area contributed by atoms with E-state index in [4.69, 9.17) is 4.74 Å². The third-order valence-corrected chi connectivity index (χ3v) is 3.72. The zero-order valence-electron chi connectivity index (χ0n) is 14.0. The summed E-state index contributed by atoms with van der Waals surface area (Å²) in [7, 11) is 3.85. The molecule has 0 bridgehead atoms. The summed E-state index contributed by atoms with van der Waals surface area (Å²) < 4.78 is 5.74. The van der Waals surface area contributed by atoms with Crippen LogP contribution in [0, 0.1) is 6.92 Å². The molecule has 2 aromatic rings. The molecule has 0 aliphatic heterocycles. The Hall–Kier alpha value is -2.33. The number of aliphatic hydroxyl groups is 1. The van der Waals surface area contributed by atoms with E-state index in [2.05, 4.69) is 0 Å². The molecule has 0 aromatic heterocycles. The molecule has 1 unspecified atom stereocenters. The van der Waals surface area contributed by atoms with Crippen LogP contribution in [0.1, 0.15) is 34.5 Å². The highest BCUT2D eigenvalue weighted by molar-refractivity contribution is 5.97. The Bertz CT molecular complexity index is 678. The molecule has 23 heavy (non-hydrogen) atoms. The van der Waals surface area contributed by atoms with E-state index in [9.17, 15) is 9.90 Å². The van der Waals surface area contributed by atoms with Crippen LogP contribution in [-0.4, -0.2) is 31.6 Å². The van der Waals surface area contributed by atoms with Gasteiger partial charge in [-0.15, -0.1) is 0 Å². The molecule has 2 aromatic carbocycles. The Morgan fingerprint density at radius 1 is 1.17 bits per heavy atom. The average Bonchev–Trinajstić information content (AvgIpc) is 2.52. The predicted molar refractivity (Wildman–Crippen MR) is 92.4 cm³/mol. The molecule has 4 nitrogen and oxygen atoms in total. The lowest BCUT2D eigenvalue weighted by Crippen LogP contribution is -2.13. The van der Waals surface area contributed by atoms with Crippen LogP contribution in [-0.2, 0) is 0 Å². The average molecular weight is 313 g/mol. The molecule has 0 heterocycles. The van der Waals surface area contributed by atoms with Crippen LogP contribution in [0.5, 0.6) is 5.75 Å². The monoisotopic (exact) mass is 313 g/mol. The summed E-state index contributed by atoms with van der Waals surface area (Å²) in [6.07, 6.45) is -0.738. The fourth-order valence-electron chi connectivity index (χ4n) is 2.25. The van der Waals surface area contributed by atoms with Gasteiger partial charge in [0.1, 0.15) is 18.5 Å². The van der Waals surface area contributed by atoms with Crippen molar-refractivity contribution in [3.63, 3.8) is 0 Å². The fourth-order valence-corrected chi connectivity index (χ4v) is 2.25. The van der Waals surface area contributed by atoms with Crippen molar-refractivity contribution in [1.82, 2.24) is 0 Å². The van der Waals surface area contributed by atoms with Crippen LogP contribution < -0.4 is 9.64 Å². The van der Waals surface area contributed by atoms with E-state index >= 15 is 0 Å². The number of carbonyl (C=O) groups excluding carboxylic acids is 1. The van der Waals surface area contributed by atoms with Crippen LogP contribution in [0.25, 0.3) is 0 Å². The van der Waals surface area contributed by atoms with Gasteiger partial charge in [-0.3, -0.25) is 4.79 Å². The first-order chi connectivity index (χ1) is 10.9. The van der Waals surface area contributed by atoms with Crippen molar-refractivity contribution >= 4 is 11.5 Å². The lowest BCUT2D eigenvalue weighted by molar-refractivity contribution is 0.0977. The molecule has 0 radical (unpaired) electrons. The van der Waals surface area contributed by atoms with Crippen LogP contribution >= 0.6 is 0 Å². The largest absolute Gasteiger partial charge is 0.490 e. The maximum atomic E-state index is 11.7. The van der Waals surface area contributed by atoms with E-state index in [1.54, 1.807) is 6.07 Å². The summed E-state index contributed by atoms with van der Waals surface area (Å²) >= 11 is 0. The lowest BCUT2D eigenvalue weighted by Gasteiger charge is -2.18. The summed E-state index contributed by atoms with van der Waals surface area (Å²) in [5.41, 5.74) is 3.39. The molecule has 1 atom stereocenters. The maximum absolute atomic E-state index is 11.7. The van der Waals surface area contributed by atoms with Gasteiger partial charge < -0.3 is 14.7 Å². The minimum atomic E-state index is -0.738. The molecule has 0 fully saturated rings. The number of carbonyl (C=O) groups is 1. The summed E-state index contributed by atoms with van der Waals surface area (Å²) in [5, 5.41) is 10.3. The fraction of sp³-hybridized carbons (Fsp3) is 0.316. The first kappa shape index (κ1) is 17.0. The number of anilines is 1. The van der Waals surface area contributed by atoms with Gasteiger partial charge in [0, 0.05) is 25.8 Å². The Labute approximate surface area is 137 Å². The number of hydrogen-bond donors (Lipinski definition) is 1. The molecule has 0 spiro atoms. The number of benzene rings is 2. The standard InChI is InChI=1S/C19H23NO3/c1-13-5-7-15(8-6-13)18(22)12-23-19-11-16(20(3)4)9-10-17(19)14(2)21/h5-11,18,22H,12H2,1-4H3. The SMILES string of the molecule is CC(=O)c1ccc(N(C)C)cc1OCC(O)c1ccc(C)cc1. The highest BCUT2D eigenvalue weighted by Crippen LogP contribution is 2.26. The molecule has 1 N–H and O–H groups in total. The lowest BCUT2D eigenvalue weighted by atomic mass is 10.1. The molecule has 0 amide bonds. The Morgan fingerprint density at radius 2 is 1.83 bits per heavy atom. The minimum Gasteiger partial charge on any atom is -0.490 e. The van der Waals surface area contributed by atoms with Crippen molar-refractivity contribution in [2.75, 3.05) is 25.6 Å². The van der Waals surface area contributed by atoms with Gasteiger partial charge >= 0.3 is 0 Å². The first-order valence-electron chi connectivity index (χ1n) is 7.58. The molecular formula is C19H23NO3. The van der Waals surface area contributed by atoms with E-state index in [1.165, 1.54) is 6.92 Å². The third kappa shape index (κ3) is 4.33. The van der Waals surface area contributed by atoms with Gasteiger partial charge in [-0.2, -0.15) is 0 Å². The highest BCUT2D eigenvalue weighted by atomic mass is 16.5. The molecule has 0 aliphatic rings. The number of hydrogen-bond acceptors (Lipinski definition) is 4. The quantitative estimate of drug-likeness (QED) is 0.831. The van der Waals surface area contributed by atoms with E-state index in [1.807, 2.05) is 62.3 Å². The molecular weight excluding hydrogens is 290 g/mol. The Balaban J connectivity index is 2.16. The molecule has 0 saturated heterocycles. The number of ether oxygens (including phenoxy) is 1. The predicted octanol–water partition coefficient (Wildman–Crippen LogP) is 3.38. The summed E-state index contributed by atoms with van der Waals surface area (Å²) in [6, 6.07) is 13.1. The van der Waals surface area contributed by atoms with Gasteiger partial charge in [0.2, 0.25) is 0 Å². The van der Waals surface area contributed by atoms with E-state index in [0.717, 1.165) is 16.8 Å². The minimum absolute atomic E-state index is 0.0601. The van der Waals surface area contributed by atoms with E-state index in [-0.39, 0.29) is 12.4 Å². The van der Waals surface area contributed by atoms with Gasteiger partial charge in [0.25, 0.3) is 0 Å². The number of Topliss-reactive ketones (excluding diaryl/α,β-unsaturated/α-hetero) is 1. The van der Waals surface area contributed by atoms with Gasteiger partial charge in [-0.05, 0) is 31.5 Å². The van der Waals surface area contributed by atoms with Crippen LogP contribution in [0.3, 0.4) is 0 Å². The van der Waals surface area contributed by atoms with E-state index in [0.29, 0.717) is 11.3 Å². The Kier molecular flexibility index (Phi) is 5.40. The molecule has 122 valence electrons. The maximum Gasteiger partial charge on any atom is 0.163 e. The van der Waals surface area contributed by atoms with Crippen LogP contribution in [0.15, 0.2) is 42.5 Å². The van der Waals surface area contributed by atoms with Gasteiger partial charge in [-0.1, -0.05) is 29.8 Å². The van der Waals surface area contributed by atoms with Crippen molar-refractivity contribution in [3.8, 4) is 5.75 Å². The Morgan fingerprint density at radius 3 is 2.39 bits per heavy atom. The topological polar surface area (TPSA) is 49.8 Å². The first-order valence-corrected chi connectivity index (χ1v) is 7.58. The number of nitrogens with zero attached hydrogens (tertiary/aromatic N) is 1. The van der Waals surface area contributed by atoms with Crippen molar-refractivity contribution in [2.24, 2.45) is 0 Å². The van der Waals surface area contributed by atoms with Crippen molar-refractivity contribution in [1.29, 1.82) is 0 Å². The highest BCUT2D eigenvalue weighted by Gasteiger charge is 2.14. The molecule has 0 aliphatic carbocycles. The second-order valence-corrected chi connectivity index (χ2v) is 5.87. The second-order valence-electron chi connectivity index (χ2n) is 5.87. The zero-order valence-corrected chi connectivity index (χ0v) is 14.0. The normalized spacial score (nSPS) is 11.9. The molecule has 0 saturated carbocycles. The van der Waals surface area contributed by atoms with Crippen molar-refractivity contribution in [2.45, 2.75) is 20.0 Å². The van der Waals surface area contributed by atoms with Gasteiger partial charge in [0.15, 0.2) is 5.78 Å². The summed E-state index contributed by atoms with van der Waals surface area (Å²) in [5.74, 6) is 0.435. The molecule has 2 rings (SSSR count). The van der Waals surface area contributed by atoms with E-state index < -0.39 is 6.10 Å².